The zero-order valence-corrected chi connectivity index (χ0v) is 7.58. The van der Waals surface area contributed by atoms with Crippen LogP contribution in [0.1, 0.15) is 6.92 Å². The van der Waals surface area contributed by atoms with Crippen molar-refractivity contribution in [2.24, 2.45) is 0 Å². The first-order valence-corrected chi connectivity index (χ1v) is 4.01. The summed E-state index contributed by atoms with van der Waals surface area (Å²) in [4.78, 5) is 13.4. The Morgan fingerprint density at radius 1 is 1.79 bits per heavy atom. The van der Waals surface area contributed by atoms with E-state index in [1.165, 1.54) is 25.3 Å². The summed E-state index contributed by atoms with van der Waals surface area (Å²) in [5.74, 6) is -0.272. The standard InChI is InChI=1S/C8H10N2O4/c1-6(11)5-14-7-3-2-4-9-8(7)10(12)13/h2-4,6,11H,5H2,1H3. The van der Waals surface area contributed by atoms with Crippen molar-refractivity contribution >= 4 is 5.82 Å². The Kier molecular flexibility index (Phi) is 3.35. The highest BCUT2D eigenvalue weighted by Crippen LogP contribution is 2.22. The number of nitrogens with zero attached hydrogens (tertiary/aromatic N) is 2. The number of aliphatic hydroxyl groups is 1. The van der Waals surface area contributed by atoms with Gasteiger partial charge in [-0.15, -0.1) is 0 Å². The van der Waals surface area contributed by atoms with Crippen LogP contribution in [0, 0.1) is 10.1 Å². The molecule has 0 spiro atoms. The van der Waals surface area contributed by atoms with Gasteiger partial charge in [-0.25, -0.2) is 0 Å². The average molecular weight is 198 g/mol. The quantitative estimate of drug-likeness (QED) is 0.569. The first kappa shape index (κ1) is 10.4. The summed E-state index contributed by atoms with van der Waals surface area (Å²) in [5.41, 5.74) is 0. The molecule has 6 nitrogen and oxygen atoms in total. The minimum Gasteiger partial charge on any atom is -0.483 e. The highest BCUT2D eigenvalue weighted by atomic mass is 16.6. The molecule has 1 rings (SSSR count). The fourth-order valence-corrected chi connectivity index (χ4v) is 0.842. The predicted octanol–water partition coefficient (Wildman–Crippen LogP) is 0.749. The van der Waals surface area contributed by atoms with Crippen LogP contribution in [0.5, 0.6) is 5.75 Å². The zero-order valence-electron chi connectivity index (χ0n) is 7.58. The Bertz CT molecular complexity index is 327. The smallest absolute Gasteiger partial charge is 0.406 e. The van der Waals surface area contributed by atoms with Crippen molar-refractivity contribution in [1.82, 2.24) is 4.98 Å². The molecule has 1 unspecified atom stereocenters. The minimum absolute atomic E-state index is 0.00648. The molecule has 1 atom stereocenters. The highest BCUT2D eigenvalue weighted by Gasteiger charge is 2.15. The second-order valence-electron chi connectivity index (χ2n) is 2.74. The summed E-state index contributed by atoms with van der Waals surface area (Å²) in [6.07, 6.45) is 0.641. The van der Waals surface area contributed by atoms with Gasteiger partial charge >= 0.3 is 5.82 Å². The molecule has 0 aliphatic heterocycles. The largest absolute Gasteiger partial charge is 0.483 e. The molecule has 14 heavy (non-hydrogen) atoms. The van der Waals surface area contributed by atoms with Crippen LogP contribution in [-0.4, -0.2) is 27.7 Å². The Balaban J connectivity index is 2.79. The Morgan fingerprint density at radius 3 is 3.07 bits per heavy atom. The average Bonchev–Trinajstić information content (AvgIpc) is 2.15. The molecule has 6 heteroatoms. The van der Waals surface area contributed by atoms with E-state index in [0.29, 0.717) is 0 Å². The molecule has 0 aliphatic carbocycles. The van der Waals surface area contributed by atoms with Gasteiger partial charge in [0.2, 0.25) is 5.75 Å². The second-order valence-corrected chi connectivity index (χ2v) is 2.74. The van der Waals surface area contributed by atoms with Crippen molar-refractivity contribution in [2.45, 2.75) is 13.0 Å². The van der Waals surface area contributed by atoms with Crippen molar-refractivity contribution in [3.8, 4) is 5.75 Å². The monoisotopic (exact) mass is 198 g/mol. The summed E-state index contributed by atoms with van der Waals surface area (Å²) >= 11 is 0. The third-order valence-electron chi connectivity index (χ3n) is 1.40. The minimum atomic E-state index is -0.671. The molecule has 0 amide bonds. The second kappa shape index (κ2) is 4.52. The lowest BCUT2D eigenvalue weighted by Gasteiger charge is -2.07. The van der Waals surface area contributed by atoms with Crippen LogP contribution in [0.15, 0.2) is 18.3 Å². The van der Waals surface area contributed by atoms with Crippen molar-refractivity contribution in [1.29, 1.82) is 0 Å². The third-order valence-corrected chi connectivity index (χ3v) is 1.40. The van der Waals surface area contributed by atoms with Crippen LogP contribution in [-0.2, 0) is 0 Å². The zero-order chi connectivity index (χ0) is 10.6. The molecule has 0 fully saturated rings. The van der Waals surface area contributed by atoms with Crippen LogP contribution >= 0.6 is 0 Å². The number of aromatic nitrogens is 1. The van der Waals surface area contributed by atoms with Crippen LogP contribution < -0.4 is 4.74 Å². The summed E-state index contributed by atoms with van der Waals surface area (Å²) in [6.45, 7) is 1.54. The first-order chi connectivity index (χ1) is 6.61. The Hall–Kier alpha value is -1.69. The Labute approximate surface area is 80.3 Å². The van der Waals surface area contributed by atoms with Gasteiger partial charge in [0.05, 0.1) is 6.10 Å². The molecule has 76 valence electrons. The number of aliphatic hydroxyl groups excluding tert-OH is 1. The molecular formula is C8H10N2O4. The third kappa shape index (κ3) is 2.67. The summed E-state index contributed by atoms with van der Waals surface area (Å²) in [5, 5.41) is 19.4. The molecule has 0 aliphatic rings. The molecule has 1 aromatic rings. The maximum atomic E-state index is 10.5. The topological polar surface area (TPSA) is 85.5 Å². The summed E-state index contributed by atoms with van der Waals surface area (Å²) in [6, 6.07) is 2.97. The summed E-state index contributed by atoms with van der Waals surface area (Å²) in [7, 11) is 0. The van der Waals surface area contributed by atoms with E-state index < -0.39 is 11.0 Å². The number of hydrogen-bond donors (Lipinski definition) is 1. The maximum absolute atomic E-state index is 10.5. The molecular weight excluding hydrogens is 188 g/mol. The van der Waals surface area contributed by atoms with E-state index in [1.807, 2.05) is 0 Å². The van der Waals surface area contributed by atoms with E-state index in [1.54, 1.807) is 0 Å². The van der Waals surface area contributed by atoms with Crippen molar-refractivity contribution in [3.05, 3.63) is 28.4 Å². The number of pyridine rings is 1. The van der Waals surface area contributed by atoms with Crippen LogP contribution in [0.3, 0.4) is 0 Å². The molecule has 1 aromatic heterocycles. The highest BCUT2D eigenvalue weighted by molar-refractivity contribution is 5.38. The number of hydrogen-bond acceptors (Lipinski definition) is 5. The van der Waals surface area contributed by atoms with E-state index in [2.05, 4.69) is 4.98 Å². The van der Waals surface area contributed by atoms with Crippen LogP contribution in [0.4, 0.5) is 5.82 Å². The predicted molar refractivity (Wildman–Crippen MR) is 48.1 cm³/mol. The Morgan fingerprint density at radius 2 is 2.50 bits per heavy atom. The van der Waals surface area contributed by atoms with E-state index >= 15 is 0 Å². The van der Waals surface area contributed by atoms with Gasteiger partial charge < -0.3 is 20.0 Å². The summed E-state index contributed by atoms with van der Waals surface area (Å²) < 4.78 is 5.01. The lowest BCUT2D eigenvalue weighted by atomic mass is 10.4. The van der Waals surface area contributed by atoms with Gasteiger partial charge in [-0.3, -0.25) is 0 Å². The fourth-order valence-electron chi connectivity index (χ4n) is 0.842. The molecule has 1 N–H and O–H groups in total. The molecule has 0 radical (unpaired) electrons. The van der Waals surface area contributed by atoms with E-state index in [0.717, 1.165) is 0 Å². The van der Waals surface area contributed by atoms with E-state index in [9.17, 15) is 10.1 Å². The SMILES string of the molecule is CC(O)COc1cccnc1[N+](=O)[O-]. The van der Waals surface area contributed by atoms with Gasteiger partial charge in [0.25, 0.3) is 0 Å². The maximum Gasteiger partial charge on any atom is 0.406 e. The molecule has 0 saturated heterocycles. The number of rotatable bonds is 4. The molecule has 0 aromatic carbocycles. The molecule has 0 saturated carbocycles. The van der Waals surface area contributed by atoms with Gasteiger partial charge in [0.1, 0.15) is 12.8 Å². The van der Waals surface area contributed by atoms with E-state index in [-0.39, 0.29) is 18.2 Å². The van der Waals surface area contributed by atoms with Crippen LogP contribution in [0.2, 0.25) is 0 Å². The lowest BCUT2D eigenvalue weighted by Crippen LogP contribution is -2.13. The van der Waals surface area contributed by atoms with Gasteiger partial charge in [0, 0.05) is 0 Å². The lowest BCUT2D eigenvalue weighted by molar-refractivity contribution is -0.390. The normalized spacial score (nSPS) is 12.1. The van der Waals surface area contributed by atoms with Gasteiger partial charge in [-0.05, 0) is 29.0 Å². The van der Waals surface area contributed by atoms with Gasteiger partial charge in [-0.1, -0.05) is 0 Å². The molecule has 0 bridgehead atoms. The van der Waals surface area contributed by atoms with Crippen molar-refractivity contribution in [2.75, 3.05) is 6.61 Å². The van der Waals surface area contributed by atoms with Gasteiger partial charge in [-0.2, -0.15) is 0 Å². The number of ether oxygens (including phenoxy) is 1. The van der Waals surface area contributed by atoms with Crippen molar-refractivity contribution in [3.63, 3.8) is 0 Å². The molecule has 1 heterocycles. The van der Waals surface area contributed by atoms with E-state index in [4.69, 9.17) is 9.84 Å². The van der Waals surface area contributed by atoms with Gasteiger partial charge in [0.15, 0.2) is 0 Å². The van der Waals surface area contributed by atoms with Crippen molar-refractivity contribution < 1.29 is 14.8 Å². The fraction of sp³-hybridized carbons (Fsp3) is 0.375. The number of nitro groups is 1. The first-order valence-electron chi connectivity index (χ1n) is 4.01. The van der Waals surface area contributed by atoms with Crippen LogP contribution in [0.25, 0.3) is 0 Å².